The maximum Gasteiger partial charge on any atom is 0.407 e. The van der Waals surface area contributed by atoms with Gasteiger partial charge in [0.05, 0.1) is 18.4 Å². The van der Waals surface area contributed by atoms with Crippen LogP contribution in [0, 0.1) is 5.92 Å². The zero-order chi connectivity index (χ0) is 23.8. The molecule has 0 saturated carbocycles. The van der Waals surface area contributed by atoms with E-state index in [4.69, 9.17) is 4.74 Å². The van der Waals surface area contributed by atoms with Gasteiger partial charge < -0.3 is 25.2 Å². The van der Waals surface area contributed by atoms with Gasteiger partial charge in [-0.05, 0) is 41.5 Å². The highest BCUT2D eigenvalue weighted by molar-refractivity contribution is 5.81. The molecule has 8 heteroatoms. The van der Waals surface area contributed by atoms with E-state index >= 15 is 0 Å². The number of nitrogens with one attached hydrogen (secondary N) is 1. The molecular weight excluding hydrogens is 436 g/mol. The van der Waals surface area contributed by atoms with Gasteiger partial charge in [0.2, 0.25) is 5.91 Å². The number of fused-ring (bicyclic) bond motifs is 5. The van der Waals surface area contributed by atoms with Gasteiger partial charge in [-0.2, -0.15) is 0 Å². The number of carbonyl (C=O) groups is 3. The number of hydrogen-bond acceptors (Lipinski definition) is 5. The highest BCUT2D eigenvalue weighted by Gasteiger charge is 2.51. The maximum absolute atomic E-state index is 12.7. The molecule has 8 nitrogen and oxygen atoms in total. The van der Waals surface area contributed by atoms with Gasteiger partial charge in [-0.1, -0.05) is 48.5 Å². The van der Waals surface area contributed by atoms with Crippen LogP contribution >= 0.6 is 0 Å². The molecule has 2 aromatic carbocycles. The predicted octanol–water partition coefficient (Wildman–Crippen LogP) is 2.74. The SMILES string of the molecule is O=C(NCC(O)CC(=O)N1C2CCC1C(C(=O)O)C2)OCC1c2ccccc2-c2ccccc21. The molecule has 2 fully saturated rings. The lowest BCUT2D eigenvalue weighted by Crippen LogP contribution is -2.41. The summed E-state index contributed by atoms with van der Waals surface area (Å²) in [5.41, 5.74) is 4.51. The van der Waals surface area contributed by atoms with Crippen molar-refractivity contribution < 1.29 is 29.3 Å². The van der Waals surface area contributed by atoms with Crippen LogP contribution in [0.25, 0.3) is 11.1 Å². The molecule has 4 atom stereocenters. The third kappa shape index (κ3) is 4.03. The Labute approximate surface area is 197 Å². The number of nitrogens with zero attached hydrogens (tertiary/aromatic N) is 1. The Balaban J connectivity index is 1.11. The molecule has 3 aliphatic rings. The lowest BCUT2D eigenvalue weighted by molar-refractivity contribution is -0.143. The summed E-state index contributed by atoms with van der Waals surface area (Å²) in [4.78, 5) is 38.0. The monoisotopic (exact) mass is 464 g/mol. The average molecular weight is 465 g/mol. The zero-order valence-corrected chi connectivity index (χ0v) is 18.7. The van der Waals surface area contributed by atoms with E-state index in [0.29, 0.717) is 12.8 Å². The summed E-state index contributed by atoms with van der Waals surface area (Å²) in [7, 11) is 0. The van der Waals surface area contributed by atoms with Crippen molar-refractivity contribution in [3.63, 3.8) is 0 Å². The second kappa shape index (κ2) is 9.10. The Morgan fingerprint density at radius 1 is 1.03 bits per heavy atom. The molecule has 0 radical (unpaired) electrons. The number of carbonyl (C=O) groups excluding carboxylic acids is 2. The van der Waals surface area contributed by atoms with Gasteiger partial charge in [-0.15, -0.1) is 0 Å². The zero-order valence-electron chi connectivity index (χ0n) is 18.7. The number of aliphatic hydroxyl groups is 1. The van der Waals surface area contributed by atoms with Gasteiger partial charge in [0.15, 0.2) is 0 Å². The van der Waals surface area contributed by atoms with E-state index in [-0.39, 0.29) is 43.5 Å². The number of aliphatic carboxylic acids is 1. The molecule has 3 N–H and O–H groups in total. The largest absolute Gasteiger partial charge is 0.481 e. The van der Waals surface area contributed by atoms with Crippen molar-refractivity contribution in [2.24, 2.45) is 5.92 Å². The molecule has 0 aromatic heterocycles. The second-order valence-corrected chi connectivity index (χ2v) is 9.34. The quantitative estimate of drug-likeness (QED) is 0.580. The standard InChI is InChI=1S/C26H28N2O6/c29-16(12-24(30)28-15-9-10-23(28)21(11-15)25(31)32)13-27-26(33)34-14-22-19-7-3-1-5-17(19)18-6-2-4-8-20(18)22/h1-8,15-16,21-23,29H,9-14H2,(H,27,33)(H,31,32). The van der Waals surface area contributed by atoms with Crippen molar-refractivity contribution in [2.75, 3.05) is 13.2 Å². The third-order valence-electron chi connectivity index (χ3n) is 7.38. The number of ether oxygens (including phenoxy) is 1. The Morgan fingerprint density at radius 2 is 1.68 bits per heavy atom. The fourth-order valence-electron chi connectivity index (χ4n) is 5.87. The van der Waals surface area contributed by atoms with E-state index in [9.17, 15) is 24.6 Å². The molecule has 2 aliphatic heterocycles. The summed E-state index contributed by atoms with van der Waals surface area (Å²) >= 11 is 0. The minimum absolute atomic E-state index is 0.0579. The van der Waals surface area contributed by atoms with Crippen LogP contribution in [0.1, 0.15) is 42.7 Å². The number of hydrogen-bond donors (Lipinski definition) is 3. The highest BCUT2D eigenvalue weighted by atomic mass is 16.5. The highest BCUT2D eigenvalue weighted by Crippen LogP contribution is 2.44. The van der Waals surface area contributed by atoms with Gasteiger partial charge in [-0.25, -0.2) is 4.79 Å². The lowest BCUT2D eigenvalue weighted by Gasteiger charge is -2.24. The topological polar surface area (TPSA) is 116 Å². The molecule has 4 unspecified atom stereocenters. The Morgan fingerprint density at radius 3 is 2.29 bits per heavy atom. The molecule has 178 valence electrons. The number of carboxylic acids is 1. The molecule has 2 aromatic rings. The molecule has 2 heterocycles. The molecule has 2 bridgehead atoms. The van der Waals surface area contributed by atoms with E-state index in [0.717, 1.165) is 28.7 Å². The summed E-state index contributed by atoms with van der Waals surface area (Å²) < 4.78 is 5.46. The molecule has 1 aliphatic carbocycles. The molecular formula is C26H28N2O6. The first kappa shape index (κ1) is 22.4. The number of rotatable bonds is 7. The number of benzene rings is 2. The van der Waals surface area contributed by atoms with Crippen LogP contribution in [0.2, 0.25) is 0 Å². The van der Waals surface area contributed by atoms with Gasteiger partial charge >= 0.3 is 12.1 Å². The molecule has 0 spiro atoms. The van der Waals surface area contributed by atoms with E-state index in [2.05, 4.69) is 17.4 Å². The van der Waals surface area contributed by atoms with E-state index in [1.165, 1.54) is 0 Å². The van der Waals surface area contributed by atoms with Crippen LogP contribution in [0.5, 0.6) is 0 Å². The number of aliphatic hydroxyl groups excluding tert-OH is 1. The summed E-state index contributed by atoms with van der Waals surface area (Å²) in [5.74, 6) is -1.73. The normalized spacial score (nSPS) is 23.3. The van der Waals surface area contributed by atoms with Crippen molar-refractivity contribution in [1.82, 2.24) is 10.2 Å². The summed E-state index contributed by atoms with van der Waals surface area (Å²) in [6.07, 6.45) is 0.0651. The van der Waals surface area contributed by atoms with Gasteiger partial charge in [0, 0.05) is 24.5 Å². The Hall–Kier alpha value is -3.39. The van der Waals surface area contributed by atoms with E-state index in [1.54, 1.807) is 4.90 Å². The first-order valence-corrected chi connectivity index (χ1v) is 11.7. The van der Waals surface area contributed by atoms with Crippen molar-refractivity contribution >= 4 is 18.0 Å². The Kier molecular flexibility index (Phi) is 6.00. The molecule has 34 heavy (non-hydrogen) atoms. The van der Waals surface area contributed by atoms with Gasteiger partial charge in [0.25, 0.3) is 0 Å². The van der Waals surface area contributed by atoms with Crippen LogP contribution in [0.15, 0.2) is 48.5 Å². The molecule has 2 saturated heterocycles. The van der Waals surface area contributed by atoms with Crippen LogP contribution in [-0.4, -0.2) is 64.4 Å². The number of amides is 2. The fourth-order valence-corrected chi connectivity index (χ4v) is 5.87. The Bertz CT molecular complexity index is 1070. The lowest BCUT2D eigenvalue weighted by atomic mass is 9.89. The fraction of sp³-hybridized carbons (Fsp3) is 0.423. The smallest absolute Gasteiger partial charge is 0.407 e. The minimum Gasteiger partial charge on any atom is -0.481 e. The number of alkyl carbamates (subject to hydrolysis) is 1. The average Bonchev–Trinajstić information content (AvgIpc) is 3.51. The number of carboxylic acid groups (broad SMARTS) is 1. The van der Waals surface area contributed by atoms with Crippen LogP contribution in [-0.2, 0) is 14.3 Å². The third-order valence-corrected chi connectivity index (χ3v) is 7.38. The molecule has 2 amide bonds. The molecule has 5 rings (SSSR count). The van der Waals surface area contributed by atoms with E-state index < -0.39 is 24.1 Å². The van der Waals surface area contributed by atoms with Crippen LogP contribution < -0.4 is 5.32 Å². The second-order valence-electron chi connectivity index (χ2n) is 9.34. The van der Waals surface area contributed by atoms with Crippen molar-refractivity contribution in [2.45, 2.75) is 49.8 Å². The summed E-state index contributed by atoms with van der Waals surface area (Å²) in [5, 5.41) is 22.2. The van der Waals surface area contributed by atoms with Crippen LogP contribution in [0.3, 0.4) is 0 Å². The van der Waals surface area contributed by atoms with Crippen molar-refractivity contribution in [3.05, 3.63) is 59.7 Å². The van der Waals surface area contributed by atoms with Gasteiger partial charge in [-0.3, -0.25) is 9.59 Å². The van der Waals surface area contributed by atoms with Crippen molar-refractivity contribution in [1.29, 1.82) is 0 Å². The van der Waals surface area contributed by atoms with Gasteiger partial charge in [0.1, 0.15) is 6.61 Å². The predicted molar refractivity (Wildman–Crippen MR) is 123 cm³/mol. The summed E-state index contributed by atoms with van der Waals surface area (Å²) in [6, 6.07) is 15.8. The van der Waals surface area contributed by atoms with E-state index in [1.807, 2.05) is 36.4 Å². The van der Waals surface area contributed by atoms with Crippen LogP contribution in [0.4, 0.5) is 4.79 Å². The van der Waals surface area contributed by atoms with Crippen molar-refractivity contribution in [3.8, 4) is 11.1 Å². The minimum atomic E-state index is -1.07. The maximum atomic E-state index is 12.7. The summed E-state index contributed by atoms with van der Waals surface area (Å²) in [6.45, 7) is 0.0521. The first-order chi connectivity index (χ1) is 16.4. The first-order valence-electron chi connectivity index (χ1n) is 11.7.